The Balaban J connectivity index is 0.00000261. The third-order valence-electron chi connectivity index (χ3n) is 4.85. The molecular formula is C20H32IN3O3. The van der Waals surface area contributed by atoms with Crippen molar-refractivity contribution in [3.8, 4) is 0 Å². The quantitative estimate of drug-likeness (QED) is 0.351. The van der Waals surface area contributed by atoms with Crippen LogP contribution in [0.4, 0.5) is 0 Å². The van der Waals surface area contributed by atoms with Gasteiger partial charge in [0.15, 0.2) is 5.96 Å². The lowest BCUT2D eigenvalue weighted by Gasteiger charge is -2.22. The summed E-state index contributed by atoms with van der Waals surface area (Å²) in [6.45, 7) is 4.69. The van der Waals surface area contributed by atoms with E-state index in [0.29, 0.717) is 18.8 Å². The van der Waals surface area contributed by atoms with Crippen LogP contribution in [0, 0.1) is 0 Å². The van der Waals surface area contributed by atoms with Crippen LogP contribution in [0.25, 0.3) is 0 Å². The Morgan fingerprint density at radius 1 is 1.15 bits per heavy atom. The van der Waals surface area contributed by atoms with E-state index in [1.807, 2.05) is 0 Å². The standard InChI is InChI=1S/C20H31N3O3.HI/c1-21-20(23-14-19-6-3-9-25-19)22-13-16-4-2-5-17(12-16)15-26-18-7-10-24-11-8-18;/h2,4-5,12,18-19H,3,6-11,13-15H2,1H3,(H2,21,22,23);1H. The zero-order chi connectivity index (χ0) is 18.0. The van der Waals surface area contributed by atoms with Crippen LogP contribution in [0.15, 0.2) is 29.3 Å². The molecule has 0 aliphatic carbocycles. The predicted octanol–water partition coefficient (Wildman–Crippen LogP) is 2.84. The summed E-state index contributed by atoms with van der Waals surface area (Å²) in [5, 5.41) is 6.71. The molecule has 2 aliphatic heterocycles. The highest BCUT2D eigenvalue weighted by molar-refractivity contribution is 14.0. The van der Waals surface area contributed by atoms with Crippen LogP contribution >= 0.6 is 24.0 Å². The van der Waals surface area contributed by atoms with Crippen molar-refractivity contribution in [1.29, 1.82) is 0 Å². The van der Waals surface area contributed by atoms with Gasteiger partial charge in [0.2, 0.25) is 0 Å². The van der Waals surface area contributed by atoms with Gasteiger partial charge >= 0.3 is 0 Å². The van der Waals surface area contributed by atoms with Gasteiger partial charge in [-0.3, -0.25) is 4.99 Å². The molecule has 2 heterocycles. The van der Waals surface area contributed by atoms with E-state index >= 15 is 0 Å². The van der Waals surface area contributed by atoms with E-state index in [-0.39, 0.29) is 24.0 Å². The van der Waals surface area contributed by atoms with Crippen molar-refractivity contribution >= 4 is 29.9 Å². The molecule has 6 nitrogen and oxygen atoms in total. The van der Waals surface area contributed by atoms with E-state index < -0.39 is 0 Å². The summed E-state index contributed by atoms with van der Waals surface area (Å²) in [6, 6.07) is 8.52. The molecule has 0 spiro atoms. The predicted molar refractivity (Wildman–Crippen MR) is 118 cm³/mol. The van der Waals surface area contributed by atoms with Gasteiger partial charge in [0, 0.05) is 40.0 Å². The molecule has 1 atom stereocenters. The Bertz CT molecular complexity index is 573. The molecular weight excluding hydrogens is 457 g/mol. The number of nitrogens with one attached hydrogen (secondary N) is 2. The summed E-state index contributed by atoms with van der Waals surface area (Å²) in [4.78, 5) is 4.29. The van der Waals surface area contributed by atoms with Crippen molar-refractivity contribution in [3.05, 3.63) is 35.4 Å². The zero-order valence-electron chi connectivity index (χ0n) is 16.1. The molecule has 27 heavy (non-hydrogen) atoms. The maximum Gasteiger partial charge on any atom is 0.191 e. The molecule has 2 N–H and O–H groups in total. The molecule has 2 fully saturated rings. The fourth-order valence-corrected chi connectivity index (χ4v) is 3.31. The topological polar surface area (TPSA) is 64.1 Å². The molecule has 3 rings (SSSR count). The van der Waals surface area contributed by atoms with E-state index in [1.165, 1.54) is 11.1 Å². The lowest BCUT2D eigenvalue weighted by molar-refractivity contribution is -0.0390. The lowest BCUT2D eigenvalue weighted by Crippen LogP contribution is -2.40. The molecule has 0 bridgehead atoms. The number of halogens is 1. The third kappa shape index (κ3) is 7.93. The Kier molecular flexibility index (Phi) is 10.4. The van der Waals surface area contributed by atoms with Gasteiger partial charge in [-0.25, -0.2) is 0 Å². The first-order chi connectivity index (χ1) is 12.8. The summed E-state index contributed by atoms with van der Waals surface area (Å²) in [7, 11) is 1.79. The average Bonchev–Trinajstić information content (AvgIpc) is 3.21. The van der Waals surface area contributed by atoms with Crippen molar-refractivity contribution in [2.75, 3.05) is 33.4 Å². The summed E-state index contributed by atoms with van der Waals surface area (Å²) in [6.07, 6.45) is 4.90. The maximum atomic E-state index is 6.02. The Hall–Kier alpha value is -0.900. The average molecular weight is 489 g/mol. The second kappa shape index (κ2) is 12.5. The molecule has 1 unspecified atom stereocenters. The van der Waals surface area contributed by atoms with Crippen molar-refractivity contribution in [1.82, 2.24) is 10.6 Å². The highest BCUT2D eigenvalue weighted by Gasteiger charge is 2.16. The minimum absolute atomic E-state index is 0. The normalized spacial score (nSPS) is 20.9. The van der Waals surface area contributed by atoms with Crippen molar-refractivity contribution in [2.45, 2.75) is 51.0 Å². The summed E-state index contributed by atoms with van der Waals surface area (Å²) < 4.78 is 17.0. The Labute approximate surface area is 179 Å². The van der Waals surface area contributed by atoms with Gasteiger partial charge in [-0.15, -0.1) is 24.0 Å². The minimum Gasteiger partial charge on any atom is -0.381 e. The molecule has 1 aromatic carbocycles. The van der Waals surface area contributed by atoms with Gasteiger partial charge in [-0.05, 0) is 36.8 Å². The molecule has 0 aromatic heterocycles. The molecule has 0 radical (unpaired) electrons. The van der Waals surface area contributed by atoms with E-state index in [9.17, 15) is 0 Å². The van der Waals surface area contributed by atoms with Gasteiger partial charge in [0.05, 0.1) is 18.8 Å². The summed E-state index contributed by atoms with van der Waals surface area (Å²) >= 11 is 0. The molecule has 152 valence electrons. The third-order valence-corrected chi connectivity index (χ3v) is 4.85. The number of rotatable bonds is 7. The largest absolute Gasteiger partial charge is 0.381 e. The van der Waals surface area contributed by atoms with Crippen molar-refractivity contribution in [2.24, 2.45) is 4.99 Å². The van der Waals surface area contributed by atoms with E-state index in [4.69, 9.17) is 14.2 Å². The Morgan fingerprint density at radius 2 is 1.96 bits per heavy atom. The van der Waals surface area contributed by atoms with E-state index in [1.54, 1.807) is 7.05 Å². The van der Waals surface area contributed by atoms with Crippen LogP contribution in [-0.2, 0) is 27.4 Å². The smallest absolute Gasteiger partial charge is 0.191 e. The first-order valence-electron chi connectivity index (χ1n) is 9.67. The van der Waals surface area contributed by atoms with E-state index in [0.717, 1.165) is 64.6 Å². The number of aliphatic imine (C=N–C) groups is 1. The van der Waals surface area contributed by atoms with Crippen LogP contribution in [0.1, 0.15) is 36.8 Å². The fraction of sp³-hybridized carbons (Fsp3) is 0.650. The monoisotopic (exact) mass is 489 g/mol. The van der Waals surface area contributed by atoms with Crippen LogP contribution in [0.3, 0.4) is 0 Å². The number of benzene rings is 1. The number of guanidine groups is 1. The van der Waals surface area contributed by atoms with Crippen molar-refractivity contribution in [3.63, 3.8) is 0 Å². The molecule has 0 amide bonds. The van der Waals surface area contributed by atoms with Crippen LogP contribution in [0.2, 0.25) is 0 Å². The molecule has 2 saturated heterocycles. The van der Waals surface area contributed by atoms with Crippen LogP contribution in [-0.4, -0.2) is 51.6 Å². The lowest BCUT2D eigenvalue weighted by atomic mass is 10.1. The first kappa shape index (κ1) is 22.4. The Morgan fingerprint density at radius 3 is 2.70 bits per heavy atom. The van der Waals surface area contributed by atoms with Gasteiger partial charge < -0.3 is 24.8 Å². The molecule has 7 heteroatoms. The zero-order valence-corrected chi connectivity index (χ0v) is 18.4. The summed E-state index contributed by atoms with van der Waals surface area (Å²) in [5.41, 5.74) is 2.43. The number of hydrogen-bond acceptors (Lipinski definition) is 4. The second-order valence-corrected chi connectivity index (χ2v) is 6.88. The minimum atomic E-state index is 0. The summed E-state index contributed by atoms with van der Waals surface area (Å²) in [5.74, 6) is 0.810. The molecule has 1 aromatic rings. The van der Waals surface area contributed by atoms with Gasteiger partial charge in [-0.1, -0.05) is 24.3 Å². The maximum absolute atomic E-state index is 6.02. The van der Waals surface area contributed by atoms with Gasteiger partial charge in [-0.2, -0.15) is 0 Å². The number of ether oxygens (including phenoxy) is 3. The van der Waals surface area contributed by atoms with Gasteiger partial charge in [0.1, 0.15) is 0 Å². The molecule has 2 aliphatic rings. The highest BCUT2D eigenvalue weighted by Crippen LogP contribution is 2.14. The fourth-order valence-electron chi connectivity index (χ4n) is 3.31. The van der Waals surface area contributed by atoms with Gasteiger partial charge in [0.25, 0.3) is 0 Å². The van der Waals surface area contributed by atoms with E-state index in [2.05, 4.69) is 39.9 Å². The SMILES string of the molecule is CN=C(NCc1cccc(COC2CCOCC2)c1)NCC1CCCO1.I. The van der Waals surface area contributed by atoms with Crippen molar-refractivity contribution < 1.29 is 14.2 Å². The second-order valence-electron chi connectivity index (χ2n) is 6.88. The molecule has 0 saturated carbocycles. The number of nitrogens with zero attached hydrogens (tertiary/aromatic N) is 1. The van der Waals surface area contributed by atoms with Crippen LogP contribution in [0.5, 0.6) is 0 Å². The van der Waals surface area contributed by atoms with Crippen LogP contribution < -0.4 is 10.6 Å². The first-order valence-corrected chi connectivity index (χ1v) is 9.67. The highest BCUT2D eigenvalue weighted by atomic mass is 127. The number of hydrogen-bond donors (Lipinski definition) is 2.